The van der Waals surface area contributed by atoms with Crippen LogP contribution in [0, 0.1) is 23.6 Å². The summed E-state index contributed by atoms with van der Waals surface area (Å²) in [5, 5.41) is 13.0. The fourth-order valence-electron chi connectivity index (χ4n) is 5.10. The average Bonchev–Trinajstić information content (AvgIpc) is 3.62. The summed E-state index contributed by atoms with van der Waals surface area (Å²) in [6, 6.07) is 14.3. The van der Waals surface area contributed by atoms with Crippen LogP contribution < -0.4 is 5.32 Å². The van der Waals surface area contributed by atoms with E-state index in [9.17, 15) is 14.3 Å². The van der Waals surface area contributed by atoms with Crippen molar-refractivity contribution in [1.82, 2.24) is 9.80 Å². The molecule has 0 bridgehead atoms. The Kier molecular flexibility index (Phi) is 6.34. The number of nitrogens with one attached hydrogen (secondary N) is 1. The fraction of sp³-hybridized carbons (Fsp3) is 0.444. The Morgan fingerprint density at radius 2 is 1.91 bits per heavy atom. The standard InChI is InChI=1S/C27H30FN3O2/c28-22-4-3-5-23(16-22)29-27(33)30-14-1-2-15-31-24(17-30)26(25(31)18-32)21-12-10-20(11-13-21)9-8-19-6-7-19/h3-5,10-13,16,19,24-26,32H,1-2,6-7,14-15,17-18H2,(H,29,33)/t24-,25+,26-/m0/s1. The third kappa shape index (κ3) is 4.90. The molecule has 1 aliphatic carbocycles. The molecule has 5 nitrogen and oxygen atoms in total. The molecule has 0 spiro atoms. The summed E-state index contributed by atoms with van der Waals surface area (Å²) >= 11 is 0. The number of hydrogen-bond donors (Lipinski definition) is 2. The van der Waals surface area contributed by atoms with E-state index in [1.165, 1.54) is 30.5 Å². The van der Waals surface area contributed by atoms with Crippen molar-refractivity contribution < 1.29 is 14.3 Å². The number of rotatable bonds is 3. The third-order valence-electron chi connectivity index (χ3n) is 7.03. The molecule has 2 aromatic rings. The maximum absolute atomic E-state index is 13.5. The molecule has 2 saturated heterocycles. The van der Waals surface area contributed by atoms with Crippen molar-refractivity contribution in [1.29, 1.82) is 0 Å². The number of hydrogen-bond acceptors (Lipinski definition) is 3. The lowest BCUT2D eigenvalue weighted by atomic mass is 9.74. The Bertz CT molecular complexity index is 1060. The summed E-state index contributed by atoms with van der Waals surface area (Å²) in [7, 11) is 0. The SMILES string of the molecule is O=C(Nc1cccc(F)c1)N1CCCCN2[C@H](CO)[C@@H](c3ccc(C#CC4CC4)cc3)[C@@H]2C1. The van der Waals surface area contributed by atoms with Gasteiger partial charge in [-0.15, -0.1) is 0 Å². The summed E-state index contributed by atoms with van der Waals surface area (Å²) < 4.78 is 13.5. The minimum Gasteiger partial charge on any atom is -0.395 e. The predicted molar refractivity (Wildman–Crippen MR) is 126 cm³/mol. The molecule has 1 saturated carbocycles. The molecule has 2 amide bonds. The molecule has 2 heterocycles. The number of benzene rings is 2. The second kappa shape index (κ2) is 9.54. The monoisotopic (exact) mass is 447 g/mol. The summed E-state index contributed by atoms with van der Waals surface area (Å²) in [6.45, 7) is 2.26. The first-order valence-electron chi connectivity index (χ1n) is 11.9. The van der Waals surface area contributed by atoms with Crippen LogP contribution in [0.2, 0.25) is 0 Å². The molecule has 0 radical (unpaired) electrons. The molecule has 3 atom stereocenters. The molecular formula is C27H30FN3O2. The zero-order chi connectivity index (χ0) is 22.8. The largest absolute Gasteiger partial charge is 0.395 e. The molecule has 3 fully saturated rings. The molecular weight excluding hydrogens is 417 g/mol. The number of amides is 2. The number of fused-ring (bicyclic) bond motifs is 1. The van der Waals surface area contributed by atoms with Gasteiger partial charge in [0.25, 0.3) is 0 Å². The molecule has 33 heavy (non-hydrogen) atoms. The lowest BCUT2D eigenvalue weighted by Crippen LogP contribution is -2.68. The van der Waals surface area contributed by atoms with Crippen molar-refractivity contribution in [2.24, 2.45) is 5.92 Å². The third-order valence-corrected chi connectivity index (χ3v) is 7.03. The number of carbonyl (C=O) groups excluding carboxylic acids is 1. The van der Waals surface area contributed by atoms with Crippen molar-refractivity contribution in [2.45, 2.75) is 43.7 Å². The first-order valence-corrected chi connectivity index (χ1v) is 11.9. The van der Waals surface area contributed by atoms with Crippen LogP contribution in [0.5, 0.6) is 0 Å². The van der Waals surface area contributed by atoms with Crippen molar-refractivity contribution in [3.05, 3.63) is 65.5 Å². The van der Waals surface area contributed by atoms with Gasteiger partial charge >= 0.3 is 6.03 Å². The van der Waals surface area contributed by atoms with Gasteiger partial charge in [0.15, 0.2) is 0 Å². The van der Waals surface area contributed by atoms with E-state index >= 15 is 0 Å². The number of urea groups is 1. The van der Waals surface area contributed by atoms with Gasteiger partial charge in [0.05, 0.1) is 6.61 Å². The summed E-state index contributed by atoms with van der Waals surface area (Å²) in [4.78, 5) is 17.2. The van der Waals surface area contributed by atoms with Crippen molar-refractivity contribution in [2.75, 3.05) is 31.6 Å². The van der Waals surface area contributed by atoms with E-state index in [0.717, 1.165) is 24.9 Å². The average molecular weight is 448 g/mol. The molecule has 2 aliphatic heterocycles. The topological polar surface area (TPSA) is 55.8 Å². The minimum atomic E-state index is -0.373. The second-order valence-electron chi connectivity index (χ2n) is 9.34. The van der Waals surface area contributed by atoms with Crippen LogP contribution in [0.1, 0.15) is 42.7 Å². The molecule has 2 aromatic carbocycles. The van der Waals surface area contributed by atoms with Crippen LogP contribution >= 0.6 is 0 Å². The normalized spacial score (nSPS) is 25.0. The predicted octanol–water partition coefficient (Wildman–Crippen LogP) is 4.04. The van der Waals surface area contributed by atoms with Gasteiger partial charge < -0.3 is 15.3 Å². The number of anilines is 1. The van der Waals surface area contributed by atoms with Gasteiger partial charge in [-0.3, -0.25) is 4.90 Å². The highest BCUT2D eigenvalue weighted by atomic mass is 19.1. The maximum atomic E-state index is 13.5. The van der Waals surface area contributed by atoms with Gasteiger partial charge in [0, 0.05) is 48.3 Å². The van der Waals surface area contributed by atoms with Crippen LogP contribution in [0.25, 0.3) is 0 Å². The number of carbonyl (C=O) groups is 1. The van der Waals surface area contributed by atoms with Crippen molar-refractivity contribution >= 4 is 11.7 Å². The minimum absolute atomic E-state index is 0.0598. The molecule has 6 heteroatoms. The van der Waals surface area contributed by atoms with E-state index in [-0.39, 0.29) is 36.5 Å². The molecule has 172 valence electrons. The lowest BCUT2D eigenvalue weighted by molar-refractivity contribution is -0.0585. The Morgan fingerprint density at radius 1 is 1.12 bits per heavy atom. The van der Waals surface area contributed by atoms with Gasteiger partial charge in [-0.05, 0) is 68.1 Å². The molecule has 0 unspecified atom stereocenters. The quantitative estimate of drug-likeness (QED) is 0.699. The Morgan fingerprint density at radius 3 is 2.64 bits per heavy atom. The number of aliphatic hydroxyl groups is 1. The van der Waals surface area contributed by atoms with Gasteiger partial charge in [-0.25, -0.2) is 9.18 Å². The van der Waals surface area contributed by atoms with Crippen LogP contribution in [0.15, 0.2) is 48.5 Å². The van der Waals surface area contributed by atoms with Crippen LogP contribution in [-0.2, 0) is 0 Å². The highest BCUT2D eigenvalue weighted by molar-refractivity contribution is 5.89. The summed E-state index contributed by atoms with van der Waals surface area (Å²) in [5.74, 6) is 6.91. The summed E-state index contributed by atoms with van der Waals surface area (Å²) in [6.07, 6.45) is 4.30. The zero-order valence-corrected chi connectivity index (χ0v) is 18.7. The Labute approximate surface area is 194 Å². The van der Waals surface area contributed by atoms with E-state index in [2.05, 4.69) is 46.3 Å². The highest BCUT2D eigenvalue weighted by Crippen LogP contribution is 2.42. The second-order valence-corrected chi connectivity index (χ2v) is 9.34. The lowest BCUT2D eigenvalue weighted by Gasteiger charge is -2.57. The van der Waals surface area contributed by atoms with Gasteiger partial charge in [-0.2, -0.15) is 0 Å². The maximum Gasteiger partial charge on any atom is 0.321 e. The highest BCUT2D eigenvalue weighted by Gasteiger charge is 2.49. The molecule has 5 rings (SSSR count). The summed E-state index contributed by atoms with van der Waals surface area (Å²) in [5.41, 5.74) is 2.66. The van der Waals surface area contributed by atoms with Crippen molar-refractivity contribution in [3.63, 3.8) is 0 Å². The molecule has 3 aliphatic rings. The number of aliphatic hydroxyl groups excluding tert-OH is 1. The molecule has 0 aromatic heterocycles. The van der Waals surface area contributed by atoms with E-state index in [4.69, 9.17) is 0 Å². The first-order chi connectivity index (χ1) is 16.1. The van der Waals surface area contributed by atoms with E-state index in [1.54, 1.807) is 12.1 Å². The van der Waals surface area contributed by atoms with Gasteiger partial charge in [0.2, 0.25) is 0 Å². The van der Waals surface area contributed by atoms with E-state index in [1.807, 2.05) is 4.90 Å². The van der Waals surface area contributed by atoms with Gasteiger partial charge in [0.1, 0.15) is 5.82 Å². The van der Waals surface area contributed by atoms with Crippen molar-refractivity contribution in [3.8, 4) is 11.8 Å². The van der Waals surface area contributed by atoms with Crippen LogP contribution in [0.3, 0.4) is 0 Å². The zero-order valence-electron chi connectivity index (χ0n) is 18.7. The Balaban J connectivity index is 1.32. The first kappa shape index (κ1) is 21.9. The Hall–Kier alpha value is -2.88. The van der Waals surface area contributed by atoms with E-state index < -0.39 is 0 Å². The van der Waals surface area contributed by atoms with E-state index in [0.29, 0.717) is 24.7 Å². The smallest absolute Gasteiger partial charge is 0.321 e. The van der Waals surface area contributed by atoms with Gasteiger partial charge in [-0.1, -0.05) is 30.0 Å². The molecule has 2 N–H and O–H groups in total. The fourth-order valence-corrected chi connectivity index (χ4v) is 5.10. The van der Waals surface area contributed by atoms with Crippen LogP contribution in [-0.4, -0.2) is 59.3 Å². The van der Waals surface area contributed by atoms with Crippen LogP contribution in [0.4, 0.5) is 14.9 Å². The number of nitrogens with zero attached hydrogens (tertiary/aromatic N) is 2. The number of halogens is 1.